The number of carbonyl (C=O) groups is 1. The van der Waals surface area contributed by atoms with Gasteiger partial charge >= 0.3 is 0 Å². The summed E-state index contributed by atoms with van der Waals surface area (Å²) in [5.41, 5.74) is 1.45. The molecular formula is C19H28N2O2. The first kappa shape index (κ1) is 16.5. The highest BCUT2D eigenvalue weighted by atomic mass is 16.3. The van der Waals surface area contributed by atoms with Crippen molar-refractivity contribution in [3.63, 3.8) is 0 Å². The zero-order chi connectivity index (χ0) is 16.3. The Labute approximate surface area is 139 Å². The molecule has 0 aromatic heterocycles. The molecule has 1 aromatic rings. The normalized spacial score (nSPS) is 22.1. The van der Waals surface area contributed by atoms with Crippen LogP contribution in [0.1, 0.15) is 48.0 Å². The molecule has 1 amide bonds. The molecule has 2 aliphatic rings. The fraction of sp³-hybridized carbons (Fsp3) is 0.632. The van der Waals surface area contributed by atoms with E-state index in [0.29, 0.717) is 0 Å². The van der Waals surface area contributed by atoms with E-state index in [1.807, 2.05) is 36.1 Å². The van der Waals surface area contributed by atoms with Crippen LogP contribution in [0.4, 0.5) is 0 Å². The minimum absolute atomic E-state index is 0.126. The second kappa shape index (κ2) is 7.02. The van der Waals surface area contributed by atoms with Gasteiger partial charge in [0, 0.05) is 38.3 Å². The number of benzene rings is 1. The van der Waals surface area contributed by atoms with Crippen molar-refractivity contribution in [1.82, 2.24) is 9.80 Å². The van der Waals surface area contributed by atoms with Crippen LogP contribution >= 0.6 is 0 Å². The highest BCUT2D eigenvalue weighted by Crippen LogP contribution is 2.29. The maximum atomic E-state index is 12.5. The Morgan fingerprint density at radius 3 is 2.26 bits per heavy atom. The van der Waals surface area contributed by atoms with Crippen LogP contribution < -0.4 is 0 Å². The van der Waals surface area contributed by atoms with E-state index in [9.17, 15) is 9.90 Å². The fourth-order valence-corrected chi connectivity index (χ4v) is 3.77. The van der Waals surface area contributed by atoms with E-state index in [1.54, 1.807) is 0 Å². The topological polar surface area (TPSA) is 43.8 Å². The van der Waals surface area contributed by atoms with Gasteiger partial charge < -0.3 is 10.0 Å². The molecule has 4 heteroatoms. The molecule has 0 radical (unpaired) electrons. The highest BCUT2D eigenvalue weighted by Gasteiger charge is 2.33. The van der Waals surface area contributed by atoms with Gasteiger partial charge in [-0.05, 0) is 31.9 Å². The maximum absolute atomic E-state index is 12.5. The lowest BCUT2D eigenvalue weighted by Gasteiger charge is -2.41. The lowest BCUT2D eigenvalue weighted by molar-refractivity contribution is -0.0339. The molecule has 1 aliphatic carbocycles. The fourth-order valence-electron chi connectivity index (χ4n) is 3.77. The number of carbonyl (C=O) groups excluding carboxylic acids is 1. The first-order valence-electron chi connectivity index (χ1n) is 8.86. The van der Waals surface area contributed by atoms with E-state index in [2.05, 4.69) is 4.90 Å². The van der Waals surface area contributed by atoms with E-state index in [0.717, 1.165) is 64.0 Å². The summed E-state index contributed by atoms with van der Waals surface area (Å²) in [6.45, 7) is 6.02. The lowest BCUT2D eigenvalue weighted by atomic mass is 9.84. The van der Waals surface area contributed by atoms with Crippen LogP contribution in [0.3, 0.4) is 0 Å². The number of rotatable bonds is 3. The van der Waals surface area contributed by atoms with Crippen LogP contribution in [-0.4, -0.2) is 59.1 Å². The Morgan fingerprint density at radius 1 is 1.04 bits per heavy atom. The van der Waals surface area contributed by atoms with Crippen molar-refractivity contribution in [3.8, 4) is 0 Å². The predicted molar refractivity (Wildman–Crippen MR) is 91.6 cm³/mol. The molecule has 126 valence electrons. The number of nitrogens with zero attached hydrogens (tertiary/aromatic N) is 2. The van der Waals surface area contributed by atoms with E-state index in [-0.39, 0.29) is 5.91 Å². The van der Waals surface area contributed by atoms with Crippen molar-refractivity contribution in [3.05, 3.63) is 35.4 Å². The smallest absolute Gasteiger partial charge is 0.253 e. The Kier molecular flexibility index (Phi) is 5.02. The monoisotopic (exact) mass is 316 g/mol. The van der Waals surface area contributed by atoms with Gasteiger partial charge in [0.25, 0.3) is 5.91 Å². The molecule has 2 fully saturated rings. The van der Waals surface area contributed by atoms with Gasteiger partial charge in [-0.1, -0.05) is 37.0 Å². The number of aryl methyl sites for hydroxylation is 1. The van der Waals surface area contributed by atoms with Crippen LogP contribution in [-0.2, 0) is 0 Å². The molecule has 1 heterocycles. The summed E-state index contributed by atoms with van der Waals surface area (Å²) < 4.78 is 0. The quantitative estimate of drug-likeness (QED) is 0.931. The van der Waals surface area contributed by atoms with Gasteiger partial charge in [-0.2, -0.15) is 0 Å². The molecule has 0 atom stereocenters. The Hall–Kier alpha value is -1.39. The second-order valence-electron chi connectivity index (χ2n) is 7.22. The van der Waals surface area contributed by atoms with Crippen LogP contribution in [0.5, 0.6) is 0 Å². The molecule has 0 bridgehead atoms. The molecule has 1 N–H and O–H groups in total. The van der Waals surface area contributed by atoms with Crippen molar-refractivity contribution < 1.29 is 9.90 Å². The van der Waals surface area contributed by atoms with Crippen molar-refractivity contribution >= 4 is 5.91 Å². The number of aliphatic hydroxyl groups is 1. The van der Waals surface area contributed by atoms with Gasteiger partial charge in [-0.15, -0.1) is 0 Å². The van der Waals surface area contributed by atoms with Gasteiger partial charge in [0.1, 0.15) is 0 Å². The van der Waals surface area contributed by atoms with Gasteiger partial charge in [0.2, 0.25) is 0 Å². The number of hydrogen-bond donors (Lipinski definition) is 1. The third-order valence-corrected chi connectivity index (χ3v) is 5.26. The SMILES string of the molecule is Cc1ccc(C(=O)N2CCN(CC3(O)CCCCC3)CC2)cc1. The molecule has 1 aliphatic heterocycles. The zero-order valence-corrected chi connectivity index (χ0v) is 14.1. The lowest BCUT2D eigenvalue weighted by Crippen LogP contribution is -2.53. The summed E-state index contributed by atoms with van der Waals surface area (Å²) in [5, 5.41) is 10.7. The van der Waals surface area contributed by atoms with E-state index >= 15 is 0 Å². The molecule has 4 nitrogen and oxygen atoms in total. The largest absolute Gasteiger partial charge is 0.389 e. The first-order valence-corrected chi connectivity index (χ1v) is 8.86. The molecule has 1 aromatic carbocycles. The molecule has 0 unspecified atom stereocenters. The van der Waals surface area contributed by atoms with Crippen molar-refractivity contribution in [1.29, 1.82) is 0 Å². The third-order valence-electron chi connectivity index (χ3n) is 5.26. The molecule has 1 saturated heterocycles. The molecular weight excluding hydrogens is 288 g/mol. The summed E-state index contributed by atoms with van der Waals surface area (Å²) in [6, 6.07) is 7.80. The van der Waals surface area contributed by atoms with Gasteiger partial charge in [-0.25, -0.2) is 0 Å². The summed E-state index contributed by atoms with van der Waals surface area (Å²) >= 11 is 0. The van der Waals surface area contributed by atoms with Crippen molar-refractivity contribution in [2.75, 3.05) is 32.7 Å². The Morgan fingerprint density at radius 2 is 1.65 bits per heavy atom. The Bertz CT molecular complexity index is 527. The highest BCUT2D eigenvalue weighted by molar-refractivity contribution is 5.94. The molecule has 0 spiro atoms. The molecule has 3 rings (SSSR count). The van der Waals surface area contributed by atoms with Crippen molar-refractivity contribution in [2.45, 2.75) is 44.6 Å². The van der Waals surface area contributed by atoms with Gasteiger partial charge in [0.05, 0.1) is 5.60 Å². The third kappa shape index (κ3) is 4.12. The predicted octanol–water partition coefficient (Wildman–Crippen LogP) is 2.45. The van der Waals surface area contributed by atoms with Gasteiger partial charge in [-0.3, -0.25) is 9.69 Å². The minimum atomic E-state index is -0.499. The standard InChI is InChI=1S/C19H28N2O2/c1-16-5-7-17(8-6-16)18(22)21-13-11-20(12-14-21)15-19(23)9-3-2-4-10-19/h5-8,23H,2-4,9-15H2,1H3. The van der Waals surface area contributed by atoms with Crippen LogP contribution in [0, 0.1) is 6.92 Å². The molecule has 23 heavy (non-hydrogen) atoms. The summed E-state index contributed by atoms with van der Waals surface area (Å²) in [5.74, 6) is 0.126. The van der Waals surface area contributed by atoms with Crippen LogP contribution in [0.2, 0.25) is 0 Å². The van der Waals surface area contributed by atoms with Crippen LogP contribution in [0.25, 0.3) is 0 Å². The summed E-state index contributed by atoms with van der Waals surface area (Å²) in [7, 11) is 0. The average Bonchev–Trinajstić information content (AvgIpc) is 2.56. The first-order chi connectivity index (χ1) is 11.1. The number of amides is 1. The minimum Gasteiger partial charge on any atom is -0.389 e. The summed E-state index contributed by atoms with van der Waals surface area (Å²) in [6.07, 6.45) is 5.39. The summed E-state index contributed by atoms with van der Waals surface area (Å²) in [4.78, 5) is 16.8. The number of piperazine rings is 1. The average molecular weight is 316 g/mol. The van der Waals surface area contributed by atoms with E-state index < -0.39 is 5.60 Å². The molecule has 1 saturated carbocycles. The second-order valence-corrected chi connectivity index (χ2v) is 7.22. The van der Waals surface area contributed by atoms with E-state index in [1.165, 1.54) is 12.0 Å². The number of hydrogen-bond acceptors (Lipinski definition) is 3. The zero-order valence-electron chi connectivity index (χ0n) is 14.1. The van der Waals surface area contributed by atoms with Crippen molar-refractivity contribution in [2.24, 2.45) is 0 Å². The Balaban J connectivity index is 1.51. The van der Waals surface area contributed by atoms with Gasteiger partial charge in [0.15, 0.2) is 0 Å². The number of β-amino-alcohol motifs (C(OH)–C–C–N with tert-alkyl or cyclic N) is 1. The van der Waals surface area contributed by atoms with Crippen LogP contribution in [0.15, 0.2) is 24.3 Å². The maximum Gasteiger partial charge on any atom is 0.253 e. The van der Waals surface area contributed by atoms with E-state index in [4.69, 9.17) is 0 Å².